The summed E-state index contributed by atoms with van der Waals surface area (Å²) >= 11 is 0. The molecule has 0 aromatic carbocycles. The van der Waals surface area contributed by atoms with Crippen LogP contribution in [-0.4, -0.2) is 14.7 Å². The van der Waals surface area contributed by atoms with Gasteiger partial charge in [-0.05, 0) is 0 Å². The van der Waals surface area contributed by atoms with Crippen LogP contribution in [0.3, 0.4) is 0 Å². The first-order chi connectivity index (χ1) is 4.18. The first kappa shape index (κ1) is 8.15. The molecule has 0 aromatic heterocycles. The Kier molecular flexibility index (Phi) is 3.12. The average molecular weight is 192 g/mol. The van der Waals surface area contributed by atoms with Gasteiger partial charge >= 0.3 is 25.8 Å². The molecule has 0 radical (unpaired) electrons. The van der Waals surface area contributed by atoms with Crippen LogP contribution in [0.25, 0.3) is 0 Å². The van der Waals surface area contributed by atoms with Crippen molar-refractivity contribution < 1.29 is 27.6 Å². The van der Waals surface area contributed by atoms with E-state index >= 15 is 0 Å². The summed E-state index contributed by atoms with van der Waals surface area (Å²) in [5.41, 5.74) is 0. The number of hydrogen-bond acceptors (Lipinski definition) is 6. The molecule has 9 heteroatoms. The Labute approximate surface area is 54.4 Å². The normalized spacial score (nSPS) is 45.0. The highest BCUT2D eigenvalue weighted by atomic mass is 31.3. The van der Waals surface area contributed by atoms with Crippen molar-refractivity contribution in [2.24, 2.45) is 0 Å². The zero-order chi connectivity index (χ0) is 6.85. The molecule has 3 N–H and O–H groups in total. The standard InChI is InChI=1S/H3O6P3/c1-7-4-8(2)6-9(3)5-7/h1-3H. The molecule has 0 amide bonds. The van der Waals surface area contributed by atoms with E-state index in [1.165, 1.54) is 0 Å². The zero-order valence-corrected chi connectivity index (χ0v) is 6.59. The van der Waals surface area contributed by atoms with Gasteiger partial charge in [0.25, 0.3) is 0 Å². The van der Waals surface area contributed by atoms with Crippen molar-refractivity contribution in [3.8, 4) is 0 Å². The van der Waals surface area contributed by atoms with Crippen LogP contribution in [0.15, 0.2) is 0 Å². The summed E-state index contributed by atoms with van der Waals surface area (Å²) in [6.45, 7) is 0. The van der Waals surface area contributed by atoms with Gasteiger partial charge in [-0.3, -0.25) is 0 Å². The van der Waals surface area contributed by atoms with Gasteiger partial charge < -0.3 is 14.7 Å². The maximum Gasteiger partial charge on any atom is 0.344 e. The highest BCUT2D eigenvalue weighted by Gasteiger charge is 2.31. The predicted octanol–water partition coefficient (Wildman–Crippen LogP) is 0.707. The van der Waals surface area contributed by atoms with Crippen LogP contribution >= 0.6 is 25.8 Å². The summed E-state index contributed by atoms with van der Waals surface area (Å²) in [7, 11) is -6.41. The Morgan fingerprint density at radius 1 is 0.667 bits per heavy atom. The zero-order valence-electron chi connectivity index (χ0n) is 3.91. The van der Waals surface area contributed by atoms with E-state index < -0.39 is 25.8 Å². The summed E-state index contributed by atoms with van der Waals surface area (Å²) in [5.74, 6) is 0. The second kappa shape index (κ2) is 3.44. The fourth-order valence-electron chi connectivity index (χ4n) is 0.224. The maximum atomic E-state index is 8.50. The first-order valence-corrected chi connectivity index (χ1v) is 5.09. The quantitative estimate of drug-likeness (QED) is 0.489. The third-order valence-electron chi connectivity index (χ3n) is 0.419. The van der Waals surface area contributed by atoms with Crippen LogP contribution in [0.4, 0.5) is 0 Å². The first-order valence-electron chi connectivity index (χ1n) is 1.70. The van der Waals surface area contributed by atoms with Crippen molar-refractivity contribution in [3.63, 3.8) is 0 Å². The molecule has 0 unspecified atom stereocenters. The lowest BCUT2D eigenvalue weighted by Gasteiger charge is -2.21. The van der Waals surface area contributed by atoms with Gasteiger partial charge in [-0.15, -0.1) is 0 Å². The largest absolute Gasteiger partial charge is 0.344 e. The van der Waals surface area contributed by atoms with E-state index in [2.05, 4.69) is 12.9 Å². The second-order valence-electron chi connectivity index (χ2n) is 0.958. The SMILES string of the molecule is OP1OP(O)OP(O)O1. The van der Waals surface area contributed by atoms with Crippen LogP contribution in [0, 0.1) is 0 Å². The lowest BCUT2D eigenvalue weighted by Crippen LogP contribution is -1.92. The van der Waals surface area contributed by atoms with E-state index in [-0.39, 0.29) is 0 Å². The fourth-order valence-corrected chi connectivity index (χ4v) is 2.82. The fraction of sp³-hybridized carbons (Fsp3) is 0. The van der Waals surface area contributed by atoms with Crippen molar-refractivity contribution in [2.45, 2.75) is 0 Å². The molecule has 0 saturated carbocycles. The van der Waals surface area contributed by atoms with Crippen LogP contribution in [-0.2, 0) is 12.9 Å². The van der Waals surface area contributed by atoms with Crippen molar-refractivity contribution in [1.29, 1.82) is 0 Å². The van der Waals surface area contributed by atoms with Crippen molar-refractivity contribution in [2.75, 3.05) is 0 Å². The minimum Gasteiger partial charge on any atom is -0.327 e. The van der Waals surface area contributed by atoms with E-state index in [0.717, 1.165) is 0 Å². The summed E-state index contributed by atoms with van der Waals surface area (Å²) in [6.07, 6.45) is 0. The molecule has 1 rings (SSSR count). The number of hydrogen-bond donors (Lipinski definition) is 3. The Hall–Kier alpha value is 1.05. The predicted molar refractivity (Wildman–Crippen MR) is 30.7 cm³/mol. The summed E-state index contributed by atoms with van der Waals surface area (Å²) in [6, 6.07) is 0. The van der Waals surface area contributed by atoms with Gasteiger partial charge in [-0.2, -0.15) is 0 Å². The van der Waals surface area contributed by atoms with E-state index in [1.54, 1.807) is 0 Å². The van der Waals surface area contributed by atoms with Gasteiger partial charge in [-0.1, -0.05) is 0 Å². The van der Waals surface area contributed by atoms with E-state index in [0.29, 0.717) is 0 Å². The molecular weight excluding hydrogens is 189 g/mol. The molecule has 1 fully saturated rings. The van der Waals surface area contributed by atoms with Crippen molar-refractivity contribution >= 4 is 25.8 Å². The van der Waals surface area contributed by atoms with Crippen molar-refractivity contribution in [3.05, 3.63) is 0 Å². The molecule has 0 atom stereocenters. The molecule has 1 aliphatic heterocycles. The third-order valence-corrected chi connectivity index (χ3v) is 3.77. The molecule has 9 heavy (non-hydrogen) atoms. The van der Waals surface area contributed by atoms with Gasteiger partial charge in [0.05, 0.1) is 0 Å². The van der Waals surface area contributed by atoms with Gasteiger partial charge in [0.1, 0.15) is 0 Å². The Bertz CT molecular complexity index is 69.3. The minimum atomic E-state index is -2.14. The molecule has 0 aliphatic carbocycles. The lowest BCUT2D eigenvalue weighted by molar-refractivity contribution is 0.267. The molecule has 0 aromatic rings. The van der Waals surface area contributed by atoms with E-state index in [9.17, 15) is 0 Å². The molecule has 1 heterocycles. The Morgan fingerprint density at radius 3 is 1.11 bits per heavy atom. The minimum absolute atomic E-state index is 2.14. The highest BCUT2D eigenvalue weighted by Crippen LogP contribution is 2.67. The molecule has 0 bridgehead atoms. The van der Waals surface area contributed by atoms with E-state index in [1.807, 2.05) is 0 Å². The van der Waals surface area contributed by atoms with Gasteiger partial charge in [-0.25, -0.2) is 12.9 Å². The molecule has 54 valence electrons. The van der Waals surface area contributed by atoms with Crippen LogP contribution in [0.1, 0.15) is 0 Å². The molecule has 0 spiro atoms. The average Bonchev–Trinajstić information content (AvgIpc) is 1.59. The van der Waals surface area contributed by atoms with Gasteiger partial charge in [0, 0.05) is 0 Å². The molecule has 1 saturated heterocycles. The Morgan fingerprint density at radius 2 is 0.889 bits per heavy atom. The van der Waals surface area contributed by atoms with Crippen LogP contribution in [0.2, 0.25) is 0 Å². The smallest absolute Gasteiger partial charge is 0.327 e. The maximum absolute atomic E-state index is 8.50. The second-order valence-corrected chi connectivity index (χ2v) is 4.35. The lowest BCUT2D eigenvalue weighted by atomic mass is 15.7. The van der Waals surface area contributed by atoms with Gasteiger partial charge in [0.2, 0.25) is 0 Å². The monoisotopic (exact) mass is 192 g/mol. The Balaban J connectivity index is 2.34. The van der Waals surface area contributed by atoms with Crippen LogP contribution in [0.5, 0.6) is 0 Å². The molecular formula is H3O6P3. The molecule has 6 nitrogen and oxygen atoms in total. The van der Waals surface area contributed by atoms with Crippen LogP contribution < -0.4 is 0 Å². The summed E-state index contributed by atoms with van der Waals surface area (Å²) < 4.78 is 12.6. The van der Waals surface area contributed by atoms with E-state index in [4.69, 9.17) is 14.7 Å². The van der Waals surface area contributed by atoms with Gasteiger partial charge in [0.15, 0.2) is 0 Å². The summed E-state index contributed by atoms with van der Waals surface area (Å²) in [5, 5.41) is 0. The molecule has 1 aliphatic rings. The topological polar surface area (TPSA) is 88.4 Å². The number of rotatable bonds is 0. The van der Waals surface area contributed by atoms with Crippen molar-refractivity contribution in [1.82, 2.24) is 0 Å². The highest BCUT2D eigenvalue weighted by molar-refractivity contribution is 7.68. The third kappa shape index (κ3) is 2.64. The summed E-state index contributed by atoms with van der Waals surface area (Å²) in [4.78, 5) is 25.5.